The van der Waals surface area contributed by atoms with E-state index in [1.165, 1.54) is 7.11 Å². The van der Waals surface area contributed by atoms with Crippen LogP contribution in [0.4, 0.5) is 0 Å². The summed E-state index contributed by atoms with van der Waals surface area (Å²) >= 11 is 0. The number of amides is 1. The molecule has 0 aliphatic carbocycles. The van der Waals surface area contributed by atoms with Crippen LogP contribution < -0.4 is 5.32 Å². The Labute approximate surface area is 146 Å². The molecular weight excluding hydrogens is 324 g/mol. The number of aliphatic carboxylic acids is 1. The highest BCUT2D eigenvalue weighted by molar-refractivity contribution is 5.91. The fourth-order valence-electron chi connectivity index (χ4n) is 2.70. The van der Waals surface area contributed by atoms with Crippen molar-refractivity contribution in [3.63, 3.8) is 0 Å². The third-order valence-corrected chi connectivity index (χ3v) is 3.96. The molecule has 0 saturated heterocycles. The van der Waals surface area contributed by atoms with Crippen LogP contribution in [-0.4, -0.2) is 48.1 Å². The Balaban J connectivity index is 2.06. The number of hydrogen-bond donors (Lipinski definition) is 2. The van der Waals surface area contributed by atoms with Crippen molar-refractivity contribution in [3.05, 3.63) is 47.2 Å². The van der Waals surface area contributed by atoms with Gasteiger partial charge < -0.3 is 15.2 Å². The number of benzene rings is 1. The number of esters is 1. The second-order valence-electron chi connectivity index (χ2n) is 5.84. The number of carbonyl (C=O) groups is 3. The van der Waals surface area contributed by atoms with Gasteiger partial charge in [0.15, 0.2) is 0 Å². The van der Waals surface area contributed by atoms with Crippen molar-refractivity contribution >= 4 is 17.8 Å². The molecule has 134 valence electrons. The summed E-state index contributed by atoms with van der Waals surface area (Å²) < 4.78 is 4.83. The summed E-state index contributed by atoms with van der Waals surface area (Å²) in [5.41, 5.74) is 2.07. The molecule has 7 heteroatoms. The summed E-state index contributed by atoms with van der Waals surface area (Å²) in [5.74, 6) is -1.92. The van der Waals surface area contributed by atoms with E-state index in [-0.39, 0.29) is 12.8 Å². The number of rotatable bonds is 7. The highest BCUT2D eigenvalue weighted by Gasteiger charge is 2.25. The standard InChI is InChI=1S/C18H22N2O5/c1-25-18(24)14-12-20(11-13-5-3-2-4-6-13)10-9-15(14)19-16(21)7-8-17(22)23/h2-6H,7-12H2,1H3,(H,19,21)(H,22,23). The Morgan fingerprint density at radius 3 is 2.56 bits per heavy atom. The van der Waals surface area contributed by atoms with Crippen molar-refractivity contribution in [2.24, 2.45) is 0 Å². The van der Waals surface area contributed by atoms with Crippen molar-refractivity contribution in [2.45, 2.75) is 25.8 Å². The van der Waals surface area contributed by atoms with Crippen LogP contribution in [-0.2, 0) is 25.7 Å². The second-order valence-corrected chi connectivity index (χ2v) is 5.84. The summed E-state index contributed by atoms with van der Waals surface area (Å²) in [5, 5.41) is 11.3. The van der Waals surface area contributed by atoms with E-state index in [4.69, 9.17) is 9.84 Å². The van der Waals surface area contributed by atoms with Gasteiger partial charge in [0, 0.05) is 38.2 Å². The molecule has 1 aliphatic rings. The largest absolute Gasteiger partial charge is 0.481 e. The Morgan fingerprint density at radius 1 is 1.20 bits per heavy atom. The molecule has 0 radical (unpaired) electrons. The number of nitrogens with one attached hydrogen (secondary N) is 1. The summed E-state index contributed by atoms with van der Waals surface area (Å²) in [4.78, 5) is 36.6. The third-order valence-electron chi connectivity index (χ3n) is 3.96. The average Bonchev–Trinajstić information content (AvgIpc) is 2.61. The number of methoxy groups -OCH3 is 1. The molecule has 7 nitrogen and oxygen atoms in total. The molecule has 0 spiro atoms. The van der Waals surface area contributed by atoms with E-state index in [0.717, 1.165) is 5.56 Å². The Bertz CT molecular complexity index is 669. The number of ether oxygens (including phenoxy) is 1. The molecule has 1 aliphatic heterocycles. The quantitative estimate of drug-likeness (QED) is 0.723. The lowest BCUT2D eigenvalue weighted by molar-refractivity contribution is -0.139. The van der Waals surface area contributed by atoms with Crippen molar-refractivity contribution < 1.29 is 24.2 Å². The van der Waals surface area contributed by atoms with Crippen LogP contribution in [0, 0.1) is 0 Å². The predicted octanol–water partition coefficient (Wildman–Crippen LogP) is 1.30. The zero-order valence-corrected chi connectivity index (χ0v) is 14.2. The van der Waals surface area contributed by atoms with Crippen molar-refractivity contribution in [3.8, 4) is 0 Å². The maximum absolute atomic E-state index is 12.1. The summed E-state index contributed by atoms with van der Waals surface area (Å²) in [6.07, 6.45) is 0.129. The molecule has 2 N–H and O–H groups in total. The fourth-order valence-corrected chi connectivity index (χ4v) is 2.70. The van der Waals surface area contributed by atoms with Crippen LogP contribution in [0.3, 0.4) is 0 Å². The third kappa shape index (κ3) is 5.72. The first-order chi connectivity index (χ1) is 12.0. The van der Waals surface area contributed by atoms with Crippen LogP contribution in [0.15, 0.2) is 41.6 Å². The topological polar surface area (TPSA) is 95.9 Å². The Morgan fingerprint density at radius 2 is 1.92 bits per heavy atom. The Hall–Kier alpha value is -2.67. The lowest BCUT2D eigenvalue weighted by Gasteiger charge is -2.30. The number of carboxylic acid groups (broad SMARTS) is 1. The number of hydrogen-bond acceptors (Lipinski definition) is 5. The molecule has 1 aromatic rings. The molecule has 0 saturated carbocycles. The van der Waals surface area contributed by atoms with Gasteiger partial charge in [-0.05, 0) is 5.56 Å². The smallest absolute Gasteiger partial charge is 0.336 e. The zero-order chi connectivity index (χ0) is 18.2. The minimum Gasteiger partial charge on any atom is -0.481 e. The van der Waals surface area contributed by atoms with Crippen molar-refractivity contribution in [2.75, 3.05) is 20.2 Å². The minimum absolute atomic E-state index is 0.124. The molecule has 25 heavy (non-hydrogen) atoms. The maximum atomic E-state index is 12.1. The van der Waals surface area contributed by atoms with Gasteiger partial charge in [-0.25, -0.2) is 4.79 Å². The number of nitrogens with zero attached hydrogens (tertiary/aromatic N) is 1. The van der Waals surface area contributed by atoms with Gasteiger partial charge in [0.2, 0.25) is 5.91 Å². The maximum Gasteiger partial charge on any atom is 0.336 e. The number of carboxylic acids is 1. The molecule has 1 aromatic carbocycles. The first-order valence-electron chi connectivity index (χ1n) is 8.08. The van der Waals surface area contributed by atoms with Crippen molar-refractivity contribution in [1.82, 2.24) is 10.2 Å². The highest BCUT2D eigenvalue weighted by atomic mass is 16.5. The zero-order valence-electron chi connectivity index (χ0n) is 14.2. The Kier molecular flexibility index (Phi) is 6.71. The van der Waals surface area contributed by atoms with Gasteiger partial charge in [-0.1, -0.05) is 30.3 Å². The van der Waals surface area contributed by atoms with E-state index in [9.17, 15) is 14.4 Å². The van der Waals surface area contributed by atoms with E-state index in [2.05, 4.69) is 10.2 Å². The van der Waals surface area contributed by atoms with Gasteiger partial charge in [0.25, 0.3) is 0 Å². The molecular formula is C18H22N2O5. The minimum atomic E-state index is -1.03. The molecule has 1 amide bonds. The van der Waals surface area contributed by atoms with Crippen LogP contribution >= 0.6 is 0 Å². The van der Waals surface area contributed by atoms with E-state index < -0.39 is 17.8 Å². The van der Waals surface area contributed by atoms with Gasteiger partial charge in [0.05, 0.1) is 19.1 Å². The lowest BCUT2D eigenvalue weighted by atomic mass is 10.0. The van der Waals surface area contributed by atoms with Gasteiger partial charge in [-0.3, -0.25) is 14.5 Å². The molecule has 0 bridgehead atoms. The molecule has 2 rings (SSSR count). The molecule has 1 heterocycles. The number of carbonyl (C=O) groups excluding carboxylic acids is 2. The monoisotopic (exact) mass is 346 g/mol. The van der Waals surface area contributed by atoms with Gasteiger partial charge in [-0.2, -0.15) is 0 Å². The lowest BCUT2D eigenvalue weighted by Crippen LogP contribution is -2.38. The van der Waals surface area contributed by atoms with Crippen LogP contribution in [0.2, 0.25) is 0 Å². The fraction of sp³-hybridized carbons (Fsp3) is 0.389. The van der Waals surface area contributed by atoms with Crippen LogP contribution in [0.5, 0.6) is 0 Å². The normalized spacial score (nSPS) is 14.9. The van der Waals surface area contributed by atoms with Crippen LogP contribution in [0.25, 0.3) is 0 Å². The van der Waals surface area contributed by atoms with E-state index in [0.29, 0.717) is 37.3 Å². The first kappa shape index (κ1) is 18.7. The van der Waals surface area contributed by atoms with Gasteiger partial charge >= 0.3 is 11.9 Å². The molecule has 0 unspecified atom stereocenters. The summed E-state index contributed by atoms with van der Waals surface area (Å²) in [6.45, 7) is 1.75. The van der Waals surface area contributed by atoms with E-state index in [1.54, 1.807) is 0 Å². The second kappa shape index (κ2) is 8.98. The van der Waals surface area contributed by atoms with E-state index in [1.807, 2.05) is 30.3 Å². The molecule has 0 aromatic heterocycles. The SMILES string of the molecule is COC(=O)C1=C(NC(=O)CCC(=O)O)CCN(Cc2ccccc2)C1. The highest BCUT2D eigenvalue weighted by Crippen LogP contribution is 2.19. The molecule has 0 atom stereocenters. The van der Waals surface area contributed by atoms with Crippen LogP contribution in [0.1, 0.15) is 24.8 Å². The van der Waals surface area contributed by atoms with E-state index >= 15 is 0 Å². The van der Waals surface area contributed by atoms with Gasteiger partial charge in [0.1, 0.15) is 0 Å². The molecule has 0 fully saturated rings. The first-order valence-corrected chi connectivity index (χ1v) is 8.08. The summed E-state index contributed by atoms with van der Waals surface area (Å²) in [7, 11) is 1.30. The summed E-state index contributed by atoms with van der Waals surface area (Å²) in [6, 6.07) is 9.91. The predicted molar refractivity (Wildman–Crippen MR) is 90.4 cm³/mol. The van der Waals surface area contributed by atoms with Gasteiger partial charge in [-0.15, -0.1) is 0 Å². The average molecular weight is 346 g/mol. The van der Waals surface area contributed by atoms with Crippen molar-refractivity contribution in [1.29, 1.82) is 0 Å².